The van der Waals surface area contributed by atoms with E-state index in [1.807, 2.05) is 0 Å². The van der Waals surface area contributed by atoms with E-state index in [0.717, 1.165) is 38.1 Å². The predicted octanol–water partition coefficient (Wildman–Crippen LogP) is 3.38. The summed E-state index contributed by atoms with van der Waals surface area (Å²) < 4.78 is 84.3. The first kappa shape index (κ1) is 23.4. The molecule has 6 nitrogen and oxygen atoms in total. The lowest BCUT2D eigenvalue weighted by Crippen LogP contribution is -2.52. The van der Waals surface area contributed by atoms with Gasteiger partial charge in [-0.2, -0.15) is 13.2 Å². The lowest BCUT2D eigenvalue weighted by atomic mass is 9.88. The molecular formula is C18H17F6N3O3. The molecule has 30 heavy (non-hydrogen) atoms. The number of alkyl halides is 3. The molecular weight excluding hydrogens is 420 g/mol. The molecule has 2 aromatic rings. The zero-order chi connectivity index (χ0) is 23.1. The molecule has 1 aromatic heterocycles. The fraction of sp³-hybridized carbons (Fsp3) is 0.333. The maximum atomic E-state index is 15.1. The van der Waals surface area contributed by atoms with Gasteiger partial charge in [-0.05, 0) is 38.1 Å². The van der Waals surface area contributed by atoms with Crippen molar-refractivity contribution in [1.82, 2.24) is 10.3 Å². The fourth-order valence-corrected chi connectivity index (χ4v) is 2.70. The van der Waals surface area contributed by atoms with Crippen molar-refractivity contribution in [1.29, 1.82) is 0 Å². The van der Waals surface area contributed by atoms with Gasteiger partial charge in [0.25, 0.3) is 0 Å². The third-order valence-corrected chi connectivity index (χ3v) is 4.20. The standard InChI is InChI=1S/C18H17F6N3O3/c1-16(2,25)10-11(20)13(8-3-5-9(19)6-4-8)27-14(12(10)21)17(30,18(22,23)24)7-26-15(28)29/h3-6,26,30H,7,25H2,1-2H3,(H,28,29). The third kappa shape index (κ3) is 4.33. The molecule has 0 radical (unpaired) electrons. The van der Waals surface area contributed by atoms with Gasteiger partial charge in [0.05, 0.1) is 6.54 Å². The minimum absolute atomic E-state index is 0.226. The van der Waals surface area contributed by atoms with E-state index in [0.29, 0.717) is 0 Å². The largest absolute Gasteiger partial charge is 0.465 e. The highest BCUT2D eigenvalue weighted by molar-refractivity contribution is 5.65. The number of rotatable bonds is 5. The van der Waals surface area contributed by atoms with Crippen LogP contribution in [0.2, 0.25) is 0 Å². The third-order valence-electron chi connectivity index (χ3n) is 4.20. The molecule has 2 rings (SSSR count). The van der Waals surface area contributed by atoms with Crippen LogP contribution in [0.15, 0.2) is 24.3 Å². The molecule has 0 spiro atoms. The molecule has 1 unspecified atom stereocenters. The Morgan fingerprint density at radius 2 is 1.63 bits per heavy atom. The molecule has 0 saturated heterocycles. The van der Waals surface area contributed by atoms with Gasteiger partial charge in [0.15, 0.2) is 11.6 Å². The van der Waals surface area contributed by atoms with Crippen LogP contribution in [0.3, 0.4) is 0 Å². The van der Waals surface area contributed by atoms with Crippen molar-refractivity contribution >= 4 is 6.09 Å². The molecule has 0 bridgehead atoms. The Kier molecular flexibility index (Phi) is 6.06. The smallest absolute Gasteiger partial charge is 0.424 e. The SMILES string of the molecule is CC(C)(N)c1c(F)c(-c2ccc(F)cc2)nc(C(O)(CNC(=O)O)C(F)(F)F)c1F. The molecule has 1 amide bonds. The molecule has 0 saturated carbocycles. The van der Waals surface area contributed by atoms with Gasteiger partial charge in [-0.25, -0.2) is 22.9 Å². The summed E-state index contributed by atoms with van der Waals surface area (Å²) in [6.07, 6.45) is -7.55. The summed E-state index contributed by atoms with van der Waals surface area (Å²) in [5.74, 6) is -4.04. The van der Waals surface area contributed by atoms with Crippen LogP contribution in [0, 0.1) is 17.5 Å². The highest BCUT2D eigenvalue weighted by Gasteiger charge is 2.58. The van der Waals surface area contributed by atoms with Crippen LogP contribution < -0.4 is 11.1 Å². The zero-order valence-electron chi connectivity index (χ0n) is 15.6. The van der Waals surface area contributed by atoms with Crippen molar-refractivity contribution in [3.05, 3.63) is 53.0 Å². The van der Waals surface area contributed by atoms with E-state index in [1.54, 1.807) is 0 Å². The van der Waals surface area contributed by atoms with E-state index < -0.39 is 64.4 Å². The summed E-state index contributed by atoms with van der Waals surface area (Å²) in [5, 5.41) is 20.2. The van der Waals surface area contributed by atoms with Gasteiger partial charge in [-0.15, -0.1) is 0 Å². The van der Waals surface area contributed by atoms with Gasteiger partial charge in [0.2, 0.25) is 5.60 Å². The number of carbonyl (C=O) groups is 1. The number of carboxylic acid groups (broad SMARTS) is 1. The van der Waals surface area contributed by atoms with Crippen LogP contribution in [0.4, 0.5) is 31.1 Å². The van der Waals surface area contributed by atoms with E-state index in [1.165, 1.54) is 5.32 Å². The second kappa shape index (κ2) is 7.76. The zero-order valence-corrected chi connectivity index (χ0v) is 15.6. The Morgan fingerprint density at radius 1 is 1.10 bits per heavy atom. The number of pyridine rings is 1. The number of hydrogen-bond donors (Lipinski definition) is 4. The van der Waals surface area contributed by atoms with Gasteiger partial charge in [0.1, 0.15) is 17.2 Å². The summed E-state index contributed by atoms with van der Waals surface area (Å²) in [7, 11) is 0. The van der Waals surface area contributed by atoms with E-state index >= 15 is 8.78 Å². The first-order valence-electron chi connectivity index (χ1n) is 8.30. The van der Waals surface area contributed by atoms with Crippen LogP contribution >= 0.6 is 0 Å². The molecule has 0 aliphatic heterocycles. The van der Waals surface area contributed by atoms with Crippen molar-refractivity contribution in [2.24, 2.45) is 5.73 Å². The van der Waals surface area contributed by atoms with Crippen LogP contribution in [0.5, 0.6) is 0 Å². The molecule has 12 heteroatoms. The number of amides is 1. The highest BCUT2D eigenvalue weighted by atomic mass is 19.4. The first-order chi connectivity index (χ1) is 13.6. The summed E-state index contributed by atoms with van der Waals surface area (Å²) >= 11 is 0. The van der Waals surface area contributed by atoms with Crippen LogP contribution in [0.25, 0.3) is 11.3 Å². The van der Waals surface area contributed by atoms with Gasteiger partial charge < -0.3 is 21.3 Å². The Labute approximate surface area is 166 Å². The van der Waals surface area contributed by atoms with Gasteiger partial charge in [-0.3, -0.25) is 0 Å². The van der Waals surface area contributed by atoms with E-state index in [-0.39, 0.29) is 5.56 Å². The topological polar surface area (TPSA) is 108 Å². The molecule has 1 atom stereocenters. The number of nitrogens with one attached hydrogen (secondary N) is 1. The van der Waals surface area contributed by atoms with Crippen molar-refractivity contribution in [2.45, 2.75) is 31.2 Å². The lowest BCUT2D eigenvalue weighted by Gasteiger charge is -2.32. The number of aromatic nitrogens is 1. The summed E-state index contributed by atoms with van der Waals surface area (Å²) in [4.78, 5) is 14.0. The number of hydrogen-bond acceptors (Lipinski definition) is 4. The van der Waals surface area contributed by atoms with Gasteiger partial charge >= 0.3 is 12.3 Å². The van der Waals surface area contributed by atoms with Crippen LogP contribution in [0.1, 0.15) is 25.1 Å². The number of nitrogens with zero attached hydrogens (tertiary/aromatic N) is 1. The lowest BCUT2D eigenvalue weighted by molar-refractivity contribution is -0.266. The maximum Gasteiger partial charge on any atom is 0.424 e. The van der Waals surface area contributed by atoms with Crippen LogP contribution in [-0.4, -0.2) is 34.0 Å². The normalized spacial score (nSPS) is 14.3. The minimum atomic E-state index is -5.61. The Balaban J connectivity index is 2.91. The van der Waals surface area contributed by atoms with E-state index in [9.17, 15) is 27.5 Å². The Morgan fingerprint density at radius 3 is 2.07 bits per heavy atom. The molecule has 5 N–H and O–H groups in total. The molecule has 0 fully saturated rings. The molecule has 164 valence electrons. The van der Waals surface area contributed by atoms with E-state index in [4.69, 9.17) is 10.8 Å². The Bertz CT molecular complexity index is 958. The maximum absolute atomic E-state index is 15.1. The second-order valence-corrected chi connectivity index (χ2v) is 7.06. The molecule has 1 heterocycles. The first-order valence-corrected chi connectivity index (χ1v) is 8.30. The van der Waals surface area contributed by atoms with Crippen molar-refractivity contribution < 1.29 is 41.4 Å². The van der Waals surface area contributed by atoms with Crippen molar-refractivity contribution in [3.8, 4) is 11.3 Å². The average Bonchev–Trinajstić information content (AvgIpc) is 2.58. The molecule has 0 aliphatic rings. The fourth-order valence-electron chi connectivity index (χ4n) is 2.70. The van der Waals surface area contributed by atoms with Crippen molar-refractivity contribution in [2.75, 3.05) is 6.54 Å². The predicted molar refractivity (Wildman–Crippen MR) is 92.7 cm³/mol. The van der Waals surface area contributed by atoms with Gasteiger partial charge in [0, 0.05) is 16.7 Å². The monoisotopic (exact) mass is 437 g/mol. The van der Waals surface area contributed by atoms with Crippen molar-refractivity contribution in [3.63, 3.8) is 0 Å². The molecule has 0 aliphatic carbocycles. The number of halogens is 6. The summed E-state index contributed by atoms with van der Waals surface area (Å²) in [6, 6.07) is 3.71. The number of benzene rings is 1. The summed E-state index contributed by atoms with van der Waals surface area (Å²) in [6.45, 7) is 0.485. The van der Waals surface area contributed by atoms with Crippen LogP contribution in [-0.2, 0) is 11.1 Å². The highest BCUT2D eigenvalue weighted by Crippen LogP contribution is 2.42. The molecule has 1 aromatic carbocycles. The second-order valence-electron chi connectivity index (χ2n) is 7.06. The summed E-state index contributed by atoms with van der Waals surface area (Å²) in [5.41, 5.74) is -4.06. The number of aliphatic hydroxyl groups is 1. The Hall–Kier alpha value is -2.86. The number of nitrogens with two attached hydrogens (primary N) is 1. The average molecular weight is 437 g/mol. The quantitative estimate of drug-likeness (QED) is 0.537. The minimum Gasteiger partial charge on any atom is -0.465 e. The van der Waals surface area contributed by atoms with E-state index in [2.05, 4.69) is 4.98 Å². The van der Waals surface area contributed by atoms with Gasteiger partial charge in [-0.1, -0.05) is 0 Å².